The first-order valence-corrected chi connectivity index (χ1v) is 9.52. The molecule has 0 saturated carbocycles. The van der Waals surface area contributed by atoms with E-state index in [9.17, 15) is 9.59 Å². The fourth-order valence-corrected chi connectivity index (χ4v) is 3.32. The second kappa shape index (κ2) is 8.18. The summed E-state index contributed by atoms with van der Waals surface area (Å²) in [5.41, 5.74) is 2.64. The van der Waals surface area contributed by atoms with Gasteiger partial charge < -0.3 is 19.5 Å². The molecule has 0 spiro atoms. The summed E-state index contributed by atoms with van der Waals surface area (Å²) in [6.07, 6.45) is 3.07. The predicted molar refractivity (Wildman–Crippen MR) is 109 cm³/mol. The molecule has 0 unspecified atom stereocenters. The first kappa shape index (κ1) is 18.7. The van der Waals surface area contributed by atoms with E-state index >= 15 is 0 Å². The third kappa shape index (κ3) is 4.29. The van der Waals surface area contributed by atoms with Crippen LogP contribution in [0.5, 0.6) is 0 Å². The number of amides is 2. The molecule has 0 bridgehead atoms. The van der Waals surface area contributed by atoms with E-state index in [0.29, 0.717) is 43.3 Å². The Morgan fingerprint density at radius 1 is 0.966 bits per heavy atom. The molecule has 1 aliphatic heterocycles. The molecular formula is C22H22N4O3. The van der Waals surface area contributed by atoms with E-state index < -0.39 is 0 Å². The lowest BCUT2D eigenvalue weighted by atomic mass is 10.2. The van der Waals surface area contributed by atoms with Crippen molar-refractivity contribution < 1.29 is 14.0 Å². The molecule has 2 aromatic heterocycles. The number of benzene rings is 1. The highest BCUT2D eigenvalue weighted by atomic mass is 16.3. The number of carbonyl (C=O) groups is 2. The van der Waals surface area contributed by atoms with E-state index in [0.717, 1.165) is 11.3 Å². The normalized spacial score (nSPS) is 14.0. The summed E-state index contributed by atoms with van der Waals surface area (Å²) < 4.78 is 5.17. The van der Waals surface area contributed by atoms with Gasteiger partial charge in [-0.05, 0) is 48.9 Å². The molecule has 1 aromatic carbocycles. The van der Waals surface area contributed by atoms with Crippen LogP contribution in [0.1, 0.15) is 26.5 Å². The van der Waals surface area contributed by atoms with Crippen molar-refractivity contribution in [2.75, 3.05) is 31.5 Å². The quantitative estimate of drug-likeness (QED) is 0.739. The van der Waals surface area contributed by atoms with Gasteiger partial charge in [0.2, 0.25) is 0 Å². The van der Waals surface area contributed by atoms with Crippen LogP contribution in [0.3, 0.4) is 0 Å². The largest absolute Gasteiger partial charge is 0.459 e. The molecule has 0 radical (unpaired) electrons. The van der Waals surface area contributed by atoms with E-state index in [2.05, 4.69) is 10.3 Å². The minimum Gasteiger partial charge on any atom is -0.459 e. The van der Waals surface area contributed by atoms with E-state index in [1.807, 2.05) is 31.2 Å². The highest BCUT2D eigenvalue weighted by molar-refractivity contribution is 5.95. The topological polar surface area (TPSA) is 78.7 Å². The lowest BCUT2D eigenvalue weighted by molar-refractivity contribution is 0.0518. The Balaban J connectivity index is 1.34. The summed E-state index contributed by atoms with van der Waals surface area (Å²) in [6, 6.07) is 14.9. The van der Waals surface area contributed by atoms with Crippen molar-refractivity contribution in [3.05, 3.63) is 77.9 Å². The number of nitrogens with zero attached hydrogens (tertiary/aromatic N) is 3. The maximum absolute atomic E-state index is 12.8. The molecule has 3 heterocycles. The molecule has 0 atom stereocenters. The maximum atomic E-state index is 12.8. The summed E-state index contributed by atoms with van der Waals surface area (Å²) in [5.74, 6) is 0.784. The third-order valence-electron chi connectivity index (χ3n) is 4.89. The molecule has 1 saturated heterocycles. The first-order valence-electron chi connectivity index (χ1n) is 9.52. The van der Waals surface area contributed by atoms with Gasteiger partial charge in [-0.3, -0.25) is 9.59 Å². The van der Waals surface area contributed by atoms with Crippen LogP contribution in [0, 0.1) is 6.92 Å². The smallest absolute Gasteiger partial charge is 0.289 e. The molecule has 3 aromatic rings. The summed E-state index contributed by atoms with van der Waals surface area (Å²) in [6.45, 7) is 3.95. The maximum Gasteiger partial charge on any atom is 0.289 e. The molecule has 148 valence electrons. The highest BCUT2D eigenvalue weighted by Crippen LogP contribution is 2.17. The van der Waals surface area contributed by atoms with Gasteiger partial charge in [-0.2, -0.15) is 0 Å². The molecule has 1 fully saturated rings. The van der Waals surface area contributed by atoms with E-state index in [1.54, 1.807) is 40.3 Å². The standard InChI is InChI=1S/C22H22N4O3/c1-16-4-2-5-18(14-16)24-20-8-7-17(15-23-20)21(27)25-9-11-26(12-10-25)22(28)19-6-3-13-29-19/h2-8,13-15H,9-12H2,1H3,(H,23,24). The van der Waals surface area contributed by atoms with Crippen LogP contribution in [0.2, 0.25) is 0 Å². The van der Waals surface area contributed by atoms with Crippen molar-refractivity contribution in [1.82, 2.24) is 14.8 Å². The molecule has 2 amide bonds. The van der Waals surface area contributed by atoms with Gasteiger partial charge in [0.1, 0.15) is 5.82 Å². The Hall–Kier alpha value is -3.61. The number of hydrogen-bond acceptors (Lipinski definition) is 5. The minimum absolute atomic E-state index is 0.0790. The Morgan fingerprint density at radius 2 is 1.72 bits per heavy atom. The Labute approximate surface area is 169 Å². The van der Waals surface area contributed by atoms with E-state index in [4.69, 9.17) is 4.42 Å². The number of furan rings is 1. The number of aromatic nitrogens is 1. The van der Waals surface area contributed by atoms with Crippen molar-refractivity contribution in [3.8, 4) is 0 Å². The Morgan fingerprint density at radius 3 is 2.34 bits per heavy atom. The molecule has 7 heteroatoms. The van der Waals surface area contributed by atoms with Crippen molar-refractivity contribution in [2.24, 2.45) is 0 Å². The van der Waals surface area contributed by atoms with Crippen molar-refractivity contribution in [1.29, 1.82) is 0 Å². The van der Waals surface area contributed by atoms with Gasteiger partial charge in [0.25, 0.3) is 11.8 Å². The van der Waals surface area contributed by atoms with E-state index in [-0.39, 0.29) is 11.8 Å². The first-order chi connectivity index (χ1) is 14.1. The van der Waals surface area contributed by atoms with Crippen LogP contribution in [0.15, 0.2) is 65.4 Å². The fraction of sp³-hybridized carbons (Fsp3) is 0.227. The number of rotatable bonds is 4. The van der Waals surface area contributed by atoms with Crippen LogP contribution in [-0.4, -0.2) is 52.8 Å². The number of piperazine rings is 1. The summed E-state index contributed by atoms with van der Waals surface area (Å²) in [4.78, 5) is 32.9. The number of carbonyl (C=O) groups excluding carboxylic acids is 2. The summed E-state index contributed by atoms with van der Waals surface area (Å²) in [5, 5.41) is 3.23. The van der Waals surface area contributed by atoms with Crippen LogP contribution >= 0.6 is 0 Å². The number of anilines is 2. The van der Waals surface area contributed by atoms with Gasteiger partial charge >= 0.3 is 0 Å². The summed E-state index contributed by atoms with van der Waals surface area (Å²) >= 11 is 0. The SMILES string of the molecule is Cc1cccc(Nc2ccc(C(=O)N3CCN(C(=O)c4ccco4)CC3)cn2)c1. The van der Waals surface area contributed by atoms with Gasteiger partial charge in [-0.25, -0.2) is 4.98 Å². The zero-order valence-corrected chi connectivity index (χ0v) is 16.2. The minimum atomic E-state index is -0.143. The van der Waals surface area contributed by atoms with Crippen molar-refractivity contribution in [3.63, 3.8) is 0 Å². The van der Waals surface area contributed by atoms with Crippen molar-refractivity contribution in [2.45, 2.75) is 6.92 Å². The van der Waals surface area contributed by atoms with Gasteiger partial charge in [0, 0.05) is 38.1 Å². The number of nitrogens with one attached hydrogen (secondary N) is 1. The van der Waals surface area contributed by atoms with E-state index in [1.165, 1.54) is 6.26 Å². The second-order valence-electron chi connectivity index (χ2n) is 6.99. The zero-order valence-electron chi connectivity index (χ0n) is 16.2. The Kier molecular flexibility index (Phi) is 5.29. The predicted octanol–water partition coefficient (Wildman–Crippen LogP) is 3.32. The highest BCUT2D eigenvalue weighted by Gasteiger charge is 2.26. The molecule has 1 aliphatic rings. The lowest BCUT2D eigenvalue weighted by Crippen LogP contribution is -2.50. The average Bonchev–Trinajstić information content (AvgIpc) is 3.28. The third-order valence-corrected chi connectivity index (χ3v) is 4.89. The number of pyridine rings is 1. The summed E-state index contributed by atoms with van der Waals surface area (Å²) in [7, 11) is 0. The zero-order chi connectivity index (χ0) is 20.2. The van der Waals surface area contributed by atoms with Crippen LogP contribution < -0.4 is 5.32 Å². The van der Waals surface area contributed by atoms with Crippen LogP contribution in [0.25, 0.3) is 0 Å². The van der Waals surface area contributed by atoms with Crippen LogP contribution in [0.4, 0.5) is 11.5 Å². The van der Waals surface area contributed by atoms with Crippen molar-refractivity contribution >= 4 is 23.3 Å². The van der Waals surface area contributed by atoms with Gasteiger partial charge in [0.05, 0.1) is 11.8 Å². The van der Waals surface area contributed by atoms with Gasteiger partial charge in [0.15, 0.2) is 5.76 Å². The van der Waals surface area contributed by atoms with Gasteiger partial charge in [-0.15, -0.1) is 0 Å². The molecule has 29 heavy (non-hydrogen) atoms. The Bertz CT molecular complexity index is 991. The lowest BCUT2D eigenvalue weighted by Gasteiger charge is -2.34. The fourth-order valence-electron chi connectivity index (χ4n) is 3.32. The van der Waals surface area contributed by atoms with Gasteiger partial charge in [-0.1, -0.05) is 12.1 Å². The monoisotopic (exact) mass is 390 g/mol. The molecule has 1 N–H and O–H groups in total. The molecule has 4 rings (SSSR count). The second-order valence-corrected chi connectivity index (χ2v) is 6.99. The molecule has 0 aliphatic carbocycles. The number of aryl methyl sites for hydroxylation is 1. The number of hydrogen-bond donors (Lipinski definition) is 1. The average molecular weight is 390 g/mol. The molecule has 7 nitrogen and oxygen atoms in total. The van der Waals surface area contributed by atoms with Crippen LogP contribution in [-0.2, 0) is 0 Å². The molecular weight excluding hydrogens is 368 g/mol.